The normalized spacial score (nSPS) is 15.7. The average molecular weight is 799 g/mol. The van der Waals surface area contributed by atoms with E-state index >= 15 is 4.39 Å². The molecule has 0 atom stereocenters. The predicted molar refractivity (Wildman–Crippen MR) is 221 cm³/mol. The first-order valence-electron chi connectivity index (χ1n) is 20.2. The Labute approximate surface area is 339 Å². The van der Waals surface area contributed by atoms with E-state index in [1.54, 1.807) is 15.2 Å². The van der Waals surface area contributed by atoms with E-state index in [-0.39, 0.29) is 24.2 Å². The number of likely N-dealkylation sites (tertiary alicyclic amines) is 1. The second kappa shape index (κ2) is 16.0. The third-order valence-corrected chi connectivity index (χ3v) is 11.5. The summed E-state index contributed by atoms with van der Waals surface area (Å²) < 4.78 is 46.1. The fourth-order valence-electron chi connectivity index (χ4n) is 8.36. The van der Waals surface area contributed by atoms with Crippen LogP contribution in [0.1, 0.15) is 71.4 Å². The molecule has 1 N–H and O–H groups in total. The van der Waals surface area contributed by atoms with Crippen LogP contribution in [0, 0.1) is 39.3 Å². The Hall–Kier alpha value is -5.93. The second-order valence-corrected chi connectivity index (χ2v) is 15.8. The number of rotatable bonds is 6. The van der Waals surface area contributed by atoms with Crippen molar-refractivity contribution < 1.29 is 13.2 Å². The van der Waals surface area contributed by atoms with E-state index < -0.39 is 0 Å². The van der Waals surface area contributed by atoms with Crippen molar-refractivity contribution in [2.75, 3.05) is 39.4 Å². The van der Waals surface area contributed by atoms with Gasteiger partial charge in [-0.15, -0.1) is 0 Å². The highest BCUT2D eigenvalue weighted by atomic mass is 19.1. The van der Waals surface area contributed by atoms with Crippen molar-refractivity contribution in [3.05, 3.63) is 107 Å². The van der Waals surface area contributed by atoms with Crippen LogP contribution in [0.3, 0.4) is 0 Å². The number of fused-ring (bicyclic) bond motifs is 4. The van der Waals surface area contributed by atoms with E-state index in [2.05, 4.69) is 50.5 Å². The lowest BCUT2D eigenvalue weighted by molar-refractivity contribution is 0.195. The van der Waals surface area contributed by atoms with Gasteiger partial charge in [-0.05, 0) is 133 Å². The summed E-state index contributed by atoms with van der Waals surface area (Å²) in [6.07, 6.45) is 9.30. The maximum Gasteiger partial charge on any atom is 0.156 e. The number of piperidine rings is 2. The molecule has 2 aliphatic rings. The zero-order chi connectivity index (χ0) is 40.8. The highest BCUT2D eigenvalue weighted by Gasteiger charge is 2.23. The fourth-order valence-corrected chi connectivity index (χ4v) is 8.36. The van der Waals surface area contributed by atoms with Crippen LogP contribution in [-0.4, -0.2) is 93.7 Å². The number of hydrogen-bond acceptors (Lipinski definition) is 10. The summed E-state index contributed by atoms with van der Waals surface area (Å²) in [5.41, 5.74) is 11.1. The van der Waals surface area contributed by atoms with Gasteiger partial charge in [0.25, 0.3) is 0 Å². The Morgan fingerprint density at radius 1 is 0.661 bits per heavy atom. The first-order valence-corrected chi connectivity index (χ1v) is 20.2. The van der Waals surface area contributed by atoms with E-state index in [1.165, 1.54) is 12.1 Å². The second-order valence-electron chi connectivity index (χ2n) is 15.8. The van der Waals surface area contributed by atoms with Crippen LogP contribution in [0.25, 0.3) is 55.7 Å². The summed E-state index contributed by atoms with van der Waals surface area (Å²) in [6.45, 7) is 11.5. The SMILES string of the molecule is Cc1cn2nc(-c3cc(F)c4cc(C5CCN(CCF)CC5)nnc4c3)cc(C)c2n1.Cc1cn2nc(-c3cc(F)c4nc(C5CCNCC5)cnc4c3)cc(C)c2n1. The maximum atomic E-state index is 15.1. The molecule has 15 heteroatoms. The van der Waals surface area contributed by atoms with Gasteiger partial charge in [0.05, 0.1) is 57.6 Å². The first-order chi connectivity index (χ1) is 28.6. The number of imidazole rings is 2. The van der Waals surface area contributed by atoms with Crippen LogP contribution in [0.2, 0.25) is 0 Å². The lowest BCUT2D eigenvalue weighted by Gasteiger charge is -2.30. The summed E-state index contributed by atoms with van der Waals surface area (Å²) >= 11 is 0. The Balaban J connectivity index is 0.000000153. The third-order valence-electron chi connectivity index (χ3n) is 11.5. The molecule has 302 valence electrons. The van der Waals surface area contributed by atoms with E-state index in [1.807, 2.05) is 70.4 Å². The molecule has 0 radical (unpaired) electrons. The Bertz CT molecular complexity index is 2840. The summed E-state index contributed by atoms with van der Waals surface area (Å²) in [5, 5.41) is 21.7. The molecule has 0 aliphatic carbocycles. The number of aromatic nitrogens is 10. The van der Waals surface area contributed by atoms with Crippen molar-refractivity contribution in [2.24, 2.45) is 0 Å². The topological polar surface area (TPSA) is 127 Å². The van der Waals surface area contributed by atoms with Crippen molar-refractivity contribution in [3.8, 4) is 22.5 Å². The van der Waals surface area contributed by atoms with Gasteiger partial charge in [-0.1, -0.05) is 0 Å². The van der Waals surface area contributed by atoms with Crippen LogP contribution in [0.4, 0.5) is 13.2 Å². The minimum Gasteiger partial charge on any atom is -0.317 e. The molecule has 8 heterocycles. The number of nitrogens with zero attached hydrogens (tertiary/aromatic N) is 11. The van der Waals surface area contributed by atoms with E-state index in [4.69, 9.17) is 0 Å². The monoisotopic (exact) mass is 798 g/mol. The molecule has 0 saturated carbocycles. The van der Waals surface area contributed by atoms with Crippen molar-refractivity contribution in [3.63, 3.8) is 0 Å². The molecule has 2 aromatic carbocycles. The molecule has 0 unspecified atom stereocenters. The minimum atomic E-state index is -0.364. The lowest BCUT2D eigenvalue weighted by Crippen LogP contribution is -2.34. The van der Waals surface area contributed by atoms with Crippen molar-refractivity contribution in [1.29, 1.82) is 0 Å². The van der Waals surface area contributed by atoms with E-state index in [0.717, 1.165) is 97.1 Å². The largest absolute Gasteiger partial charge is 0.317 e. The number of hydrogen-bond donors (Lipinski definition) is 1. The van der Waals surface area contributed by atoms with E-state index in [9.17, 15) is 8.78 Å². The van der Waals surface area contributed by atoms with Gasteiger partial charge in [0, 0.05) is 41.1 Å². The van der Waals surface area contributed by atoms with Crippen molar-refractivity contribution >= 4 is 33.2 Å². The van der Waals surface area contributed by atoms with Crippen LogP contribution in [0.15, 0.2) is 61.1 Å². The Kier molecular flexibility index (Phi) is 10.5. The highest BCUT2D eigenvalue weighted by Crippen LogP contribution is 2.32. The molecular weight excluding hydrogens is 754 g/mol. The molecule has 0 amide bonds. The van der Waals surface area contributed by atoms with Gasteiger partial charge in [0.15, 0.2) is 17.1 Å². The summed E-state index contributed by atoms with van der Waals surface area (Å²) in [5.74, 6) is -0.131. The molecule has 0 spiro atoms. The van der Waals surface area contributed by atoms with Gasteiger partial charge in [-0.25, -0.2) is 37.2 Å². The smallest absolute Gasteiger partial charge is 0.156 e. The van der Waals surface area contributed by atoms with Gasteiger partial charge < -0.3 is 10.2 Å². The molecule has 12 nitrogen and oxygen atoms in total. The number of alkyl halides is 1. The fraction of sp³-hybridized carbons (Fsp3) is 0.364. The number of benzene rings is 2. The number of aryl methyl sites for hydroxylation is 4. The van der Waals surface area contributed by atoms with Crippen LogP contribution in [-0.2, 0) is 0 Å². The summed E-state index contributed by atoms with van der Waals surface area (Å²) in [4.78, 5) is 20.2. The standard InChI is InChI=1S/C23H24F2N6.C21H21FN6/c1-14-9-21(29-31-13-15(2)26-23(14)31)17-10-19(25)18-12-20(27-28-22(18)11-17)16-3-6-30(7-4-16)8-5-24;1-12-7-17(27-28-11-13(2)25-21(12)28)15-8-16(22)20-18(9-15)24-10-19(26-20)14-3-5-23-6-4-14/h9-13,16H,3-8H2,1-2H3;7-11,14,23H,3-6H2,1-2H3. The minimum absolute atomic E-state index is 0.225. The molecule has 6 aromatic heterocycles. The number of nitrogens with one attached hydrogen (secondary N) is 1. The van der Waals surface area contributed by atoms with Gasteiger partial charge in [-0.2, -0.15) is 20.4 Å². The third kappa shape index (κ3) is 7.84. The molecule has 59 heavy (non-hydrogen) atoms. The lowest BCUT2D eigenvalue weighted by atomic mass is 9.92. The maximum absolute atomic E-state index is 15.1. The van der Waals surface area contributed by atoms with Crippen molar-refractivity contribution in [1.82, 2.24) is 59.6 Å². The number of halogens is 3. The Morgan fingerprint density at radius 2 is 1.25 bits per heavy atom. The first kappa shape index (κ1) is 38.6. The Morgan fingerprint density at radius 3 is 1.88 bits per heavy atom. The average Bonchev–Trinajstić information content (AvgIpc) is 3.83. The van der Waals surface area contributed by atoms with Gasteiger partial charge >= 0.3 is 0 Å². The zero-order valence-electron chi connectivity index (χ0n) is 33.6. The molecule has 2 aliphatic heterocycles. The van der Waals surface area contributed by atoms with Crippen molar-refractivity contribution in [2.45, 2.75) is 65.2 Å². The highest BCUT2D eigenvalue weighted by molar-refractivity contribution is 5.84. The summed E-state index contributed by atoms with van der Waals surface area (Å²) in [7, 11) is 0. The van der Waals surface area contributed by atoms with Gasteiger partial charge in [0.2, 0.25) is 0 Å². The molecule has 2 saturated heterocycles. The molecular formula is C44H45F3N12. The van der Waals surface area contributed by atoms with Crippen LogP contribution < -0.4 is 5.32 Å². The molecule has 8 aromatic rings. The molecule has 10 rings (SSSR count). The molecule has 2 fully saturated rings. The predicted octanol–water partition coefficient (Wildman–Crippen LogP) is 7.81. The van der Waals surface area contributed by atoms with Gasteiger partial charge in [0.1, 0.15) is 18.0 Å². The molecule has 0 bridgehead atoms. The van der Waals surface area contributed by atoms with Crippen LogP contribution >= 0.6 is 0 Å². The van der Waals surface area contributed by atoms with Gasteiger partial charge in [-0.3, -0.25) is 4.98 Å². The van der Waals surface area contributed by atoms with Crippen LogP contribution in [0.5, 0.6) is 0 Å². The zero-order valence-corrected chi connectivity index (χ0v) is 33.6. The van der Waals surface area contributed by atoms with E-state index in [0.29, 0.717) is 56.9 Å². The quantitative estimate of drug-likeness (QED) is 0.178. The summed E-state index contributed by atoms with van der Waals surface area (Å²) in [6, 6.07) is 12.4.